The van der Waals surface area contributed by atoms with Crippen molar-refractivity contribution in [3.05, 3.63) is 68.9 Å². The molecule has 1 aromatic carbocycles. The molecule has 1 saturated heterocycles. The van der Waals surface area contributed by atoms with E-state index in [-0.39, 0.29) is 11.6 Å². The normalized spacial score (nSPS) is 15.5. The topological polar surface area (TPSA) is 61.5 Å². The van der Waals surface area contributed by atoms with Crippen LogP contribution in [0.2, 0.25) is 0 Å². The van der Waals surface area contributed by atoms with Crippen molar-refractivity contribution in [3.8, 4) is 10.4 Å². The molecule has 32 heavy (non-hydrogen) atoms. The third-order valence-electron chi connectivity index (χ3n) is 6.05. The molecule has 0 bridgehead atoms. The van der Waals surface area contributed by atoms with E-state index in [9.17, 15) is 4.79 Å². The Balaban J connectivity index is 1.32. The van der Waals surface area contributed by atoms with Gasteiger partial charge in [0.15, 0.2) is 0 Å². The molecule has 1 fully saturated rings. The highest BCUT2D eigenvalue weighted by Gasteiger charge is 2.19. The van der Waals surface area contributed by atoms with Crippen LogP contribution in [0, 0.1) is 0 Å². The number of hydrogen-bond acceptors (Lipinski definition) is 7. The molecule has 0 aliphatic carbocycles. The first-order valence-electron chi connectivity index (χ1n) is 10.8. The lowest BCUT2D eigenvalue weighted by Crippen LogP contribution is -2.36. The van der Waals surface area contributed by atoms with Crippen LogP contribution in [0.1, 0.15) is 24.4 Å². The number of rotatable bonds is 6. The number of thiophene rings is 2. The summed E-state index contributed by atoms with van der Waals surface area (Å²) in [6.07, 6.45) is 0. The number of benzene rings is 1. The fraction of sp³-hybridized carbons (Fsp3) is 0.333. The summed E-state index contributed by atoms with van der Waals surface area (Å²) in [5, 5.41) is 4.75. The SMILES string of the molecule is C[C@@H](c1nc2scc(-c3cccs3)c2c(=O)[nH]1)N(C)Cc1ccc(N2CCOCC2)cc1. The van der Waals surface area contributed by atoms with E-state index in [2.05, 4.69) is 53.0 Å². The predicted octanol–water partition coefficient (Wildman–Crippen LogP) is 4.74. The Labute approximate surface area is 195 Å². The lowest BCUT2D eigenvalue weighted by atomic mass is 10.1. The summed E-state index contributed by atoms with van der Waals surface area (Å²) >= 11 is 3.17. The molecule has 1 aliphatic rings. The average molecular weight is 467 g/mol. The Bertz CT molecular complexity index is 1240. The maximum absolute atomic E-state index is 12.9. The molecule has 166 valence electrons. The van der Waals surface area contributed by atoms with Gasteiger partial charge >= 0.3 is 0 Å². The number of ether oxygens (including phenoxy) is 1. The second-order valence-electron chi connectivity index (χ2n) is 8.11. The van der Waals surface area contributed by atoms with Crippen molar-refractivity contribution in [2.75, 3.05) is 38.3 Å². The van der Waals surface area contributed by atoms with Gasteiger partial charge in [-0.3, -0.25) is 9.69 Å². The van der Waals surface area contributed by atoms with E-state index in [0.29, 0.717) is 11.2 Å². The number of anilines is 1. The number of nitrogens with zero attached hydrogens (tertiary/aromatic N) is 3. The van der Waals surface area contributed by atoms with E-state index in [4.69, 9.17) is 9.72 Å². The fourth-order valence-corrected chi connectivity index (χ4v) is 5.81. The van der Waals surface area contributed by atoms with E-state index >= 15 is 0 Å². The monoisotopic (exact) mass is 466 g/mol. The zero-order chi connectivity index (χ0) is 22.1. The maximum Gasteiger partial charge on any atom is 0.260 e. The van der Waals surface area contributed by atoms with Crippen LogP contribution in [0.3, 0.4) is 0 Å². The van der Waals surface area contributed by atoms with Crippen molar-refractivity contribution in [1.82, 2.24) is 14.9 Å². The van der Waals surface area contributed by atoms with Crippen LogP contribution in [0.5, 0.6) is 0 Å². The van der Waals surface area contributed by atoms with Gasteiger partial charge in [0.2, 0.25) is 0 Å². The summed E-state index contributed by atoms with van der Waals surface area (Å²) in [6, 6.07) is 12.8. The van der Waals surface area contributed by atoms with Gasteiger partial charge in [-0.05, 0) is 43.1 Å². The Morgan fingerprint density at radius 1 is 1.19 bits per heavy atom. The number of aromatic nitrogens is 2. The number of nitrogens with one attached hydrogen (secondary N) is 1. The smallest absolute Gasteiger partial charge is 0.260 e. The second kappa shape index (κ2) is 9.15. The largest absolute Gasteiger partial charge is 0.378 e. The van der Waals surface area contributed by atoms with Gasteiger partial charge in [0.1, 0.15) is 10.7 Å². The lowest BCUT2D eigenvalue weighted by molar-refractivity contribution is 0.122. The van der Waals surface area contributed by atoms with Gasteiger partial charge in [0.05, 0.1) is 24.6 Å². The molecule has 1 atom stereocenters. The lowest BCUT2D eigenvalue weighted by Gasteiger charge is -2.29. The quantitative estimate of drug-likeness (QED) is 0.445. The summed E-state index contributed by atoms with van der Waals surface area (Å²) in [7, 11) is 2.07. The fourth-order valence-electron chi connectivity index (χ4n) is 4.04. The Kier molecular flexibility index (Phi) is 6.10. The maximum atomic E-state index is 12.9. The highest BCUT2D eigenvalue weighted by atomic mass is 32.1. The highest BCUT2D eigenvalue weighted by molar-refractivity contribution is 7.18. The van der Waals surface area contributed by atoms with Gasteiger partial charge < -0.3 is 14.6 Å². The van der Waals surface area contributed by atoms with Gasteiger partial charge in [-0.25, -0.2) is 4.98 Å². The molecule has 4 aromatic rings. The molecule has 3 aromatic heterocycles. The molecule has 1 aliphatic heterocycles. The van der Waals surface area contributed by atoms with Crippen LogP contribution in [0.25, 0.3) is 20.7 Å². The van der Waals surface area contributed by atoms with Crippen molar-refractivity contribution in [1.29, 1.82) is 0 Å². The molecule has 6 nitrogen and oxygen atoms in total. The van der Waals surface area contributed by atoms with Crippen molar-refractivity contribution in [2.24, 2.45) is 0 Å². The number of morpholine rings is 1. The average Bonchev–Trinajstić information content (AvgIpc) is 3.49. The molecule has 0 spiro atoms. The molecule has 0 radical (unpaired) electrons. The summed E-state index contributed by atoms with van der Waals surface area (Å²) in [6.45, 7) is 6.31. The van der Waals surface area contributed by atoms with Crippen molar-refractivity contribution >= 4 is 38.6 Å². The zero-order valence-corrected chi connectivity index (χ0v) is 19.8. The molecule has 1 N–H and O–H groups in total. The van der Waals surface area contributed by atoms with Gasteiger partial charge in [-0.2, -0.15) is 0 Å². The van der Waals surface area contributed by atoms with Crippen molar-refractivity contribution in [2.45, 2.75) is 19.5 Å². The van der Waals surface area contributed by atoms with Crippen molar-refractivity contribution in [3.63, 3.8) is 0 Å². The molecule has 8 heteroatoms. The first-order valence-corrected chi connectivity index (χ1v) is 12.5. The zero-order valence-electron chi connectivity index (χ0n) is 18.2. The minimum Gasteiger partial charge on any atom is -0.378 e. The van der Waals surface area contributed by atoms with E-state index < -0.39 is 0 Å². The molecule has 0 unspecified atom stereocenters. The van der Waals surface area contributed by atoms with Gasteiger partial charge in [-0.1, -0.05) is 18.2 Å². The summed E-state index contributed by atoms with van der Waals surface area (Å²) in [5.41, 5.74) is 3.38. The van der Waals surface area contributed by atoms with Gasteiger partial charge in [-0.15, -0.1) is 22.7 Å². The summed E-state index contributed by atoms with van der Waals surface area (Å²) < 4.78 is 5.44. The number of hydrogen-bond donors (Lipinski definition) is 1. The first kappa shape index (κ1) is 21.3. The first-order chi connectivity index (χ1) is 15.6. The van der Waals surface area contributed by atoms with E-state index in [0.717, 1.165) is 48.1 Å². The second-order valence-corrected chi connectivity index (χ2v) is 9.92. The minimum atomic E-state index is -0.0650. The van der Waals surface area contributed by atoms with Gasteiger partial charge in [0.25, 0.3) is 5.56 Å². The molecular weight excluding hydrogens is 440 g/mol. The Morgan fingerprint density at radius 2 is 1.97 bits per heavy atom. The van der Waals surface area contributed by atoms with Crippen LogP contribution in [-0.4, -0.2) is 48.2 Å². The van der Waals surface area contributed by atoms with Crippen LogP contribution in [0.4, 0.5) is 5.69 Å². The third kappa shape index (κ3) is 4.23. The highest BCUT2D eigenvalue weighted by Crippen LogP contribution is 2.34. The van der Waals surface area contributed by atoms with Crippen LogP contribution in [-0.2, 0) is 11.3 Å². The standard InChI is InChI=1S/C24H26N4O2S2/c1-16(27(2)14-17-5-7-18(8-6-17)28-9-11-30-12-10-28)22-25-23(29)21-19(15-32-24(21)26-22)20-4-3-13-31-20/h3-8,13,15-16H,9-12,14H2,1-2H3,(H,25,26,29)/t16-/m0/s1. The number of fused-ring (bicyclic) bond motifs is 1. The summed E-state index contributed by atoms with van der Waals surface area (Å²) in [4.78, 5) is 27.2. The van der Waals surface area contributed by atoms with Crippen LogP contribution >= 0.6 is 22.7 Å². The van der Waals surface area contributed by atoms with Crippen molar-refractivity contribution < 1.29 is 4.74 Å². The molecule has 0 saturated carbocycles. The van der Waals surface area contributed by atoms with E-state index in [1.165, 1.54) is 22.6 Å². The van der Waals surface area contributed by atoms with E-state index in [1.807, 2.05) is 22.9 Å². The molecule has 0 amide bonds. The van der Waals surface area contributed by atoms with E-state index in [1.54, 1.807) is 11.3 Å². The van der Waals surface area contributed by atoms with Gasteiger partial charge in [0, 0.05) is 41.1 Å². The van der Waals surface area contributed by atoms with Crippen LogP contribution < -0.4 is 10.5 Å². The number of H-pyrrole nitrogens is 1. The predicted molar refractivity (Wildman–Crippen MR) is 133 cm³/mol. The molecular formula is C24H26N4O2S2. The molecule has 4 heterocycles. The molecule has 5 rings (SSSR count). The third-order valence-corrected chi connectivity index (χ3v) is 7.83. The number of aromatic amines is 1. The minimum absolute atomic E-state index is 0.0155. The Morgan fingerprint density at radius 3 is 2.69 bits per heavy atom. The Hall–Kier alpha value is -2.52. The summed E-state index contributed by atoms with van der Waals surface area (Å²) in [5.74, 6) is 0.703. The van der Waals surface area contributed by atoms with Crippen LogP contribution in [0.15, 0.2) is 52.0 Å².